The third-order valence-electron chi connectivity index (χ3n) is 3.13. The molecule has 5 heteroatoms. The fraction of sp³-hybridized carbons (Fsp3) is 0.0588. The quantitative estimate of drug-likeness (QED) is 0.733. The number of carbonyl (C=O) groups is 1. The van der Waals surface area contributed by atoms with E-state index < -0.39 is 0 Å². The fourth-order valence-electron chi connectivity index (χ4n) is 2.07. The number of halogens is 1. The van der Waals surface area contributed by atoms with Crippen LogP contribution >= 0.6 is 22.9 Å². The molecule has 0 unspecified atom stereocenters. The van der Waals surface area contributed by atoms with Gasteiger partial charge in [0.1, 0.15) is 0 Å². The first kappa shape index (κ1) is 14.8. The van der Waals surface area contributed by atoms with Crippen molar-refractivity contribution in [2.75, 3.05) is 5.32 Å². The summed E-state index contributed by atoms with van der Waals surface area (Å²) in [5, 5.41) is 5.84. The number of rotatable bonds is 3. The van der Waals surface area contributed by atoms with Crippen molar-refractivity contribution in [1.29, 1.82) is 0 Å². The highest BCUT2D eigenvalue weighted by Gasteiger charge is 2.10. The molecule has 1 heterocycles. The zero-order valence-corrected chi connectivity index (χ0v) is 13.4. The Morgan fingerprint density at radius 3 is 2.77 bits per heavy atom. The van der Waals surface area contributed by atoms with Gasteiger partial charge in [-0.25, -0.2) is 4.98 Å². The number of hydrogen-bond acceptors (Lipinski definition) is 3. The van der Waals surface area contributed by atoms with Crippen LogP contribution < -0.4 is 5.32 Å². The predicted octanol–water partition coefficient (Wildman–Crippen LogP) is 5.02. The topological polar surface area (TPSA) is 42.0 Å². The molecule has 0 saturated carbocycles. The molecular formula is C17H13ClN2OS. The van der Waals surface area contributed by atoms with Gasteiger partial charge in [-0.1, -0.05) is 41.4 Å². The third kappa shape index (κ3) is 3.35. The van der Waals surface area contributed by atoms with E-state index in [9.17, 15) is 4.79 Å². The molecule has 1 aromatic heterocycles. The highest BCUT2D eigenvalue weighted by molar-refractivity contribution is 7.14. The van der Waals surface area contributed by atoms with Crippen LogP contribution in [0.1, 0.15) is 15.9 Å². The van der Waals surface area contributed by atoms with E-state index in [1.165, 1.54) is 16.9 Å². The molecule has 0 spiro atoms. The van der Waals surface area contributed by atoms with Crippen LogP contribution in [0.2, 0.25) is 5.02 Å². The van der Waals surface area contributed by atoms with Crippen LogP contribution in [0.25, 0.3) is 11.3 Å². The van der Waals surface area contributed by atoms with Crippen molar-refractivity contribution in [3.63, 3.8) is 0 Å². The largest absolute Gasteiger partial charge is 0.298 e. The zero-order chi connectivity index (χ0) is 15.5. The molecule has 0 aliphatic rings. The monoisotopic (exact) mass is 328 g/mol. The van der Waals surface area contributed by atoms with Gasteiger partial charge in [-0.05, 0) is 31.2 Å². The second-order valence-corrected chi connectivity index (χ2v) is 6.17. The fourth-order valence-corrected chi connectivity index (χ4v) is 2.97. The average molecular weight is 329 g/mol. The standard InChI is InChI=1S/C17H13ClN2OS/c1-11-4-2-5-12(8-11)15-10-22-17(19-15)20-16(21)13-6-3-7-14(18)9-13/h2-10H,1H3,(H,19,20,21). The number of nitrogens with one attached hydrogen (secondary N) is 1. The summed E-state index contributed by atoms with van der Waals surface area (Å²) < 4.78 is 0. The molecule has 0 bridgehead atoms. The van der Waals surface area contributed by atoms with Crippen molar-refractivity contribution in [3.8, 4) is 11.3 Å². The van der Waals surface area contributed by atoms with E-state index in [0.29, 0.717) is 15.7 Å². The first-order valence-electron chi connectivity index (χ1n) is 6.71. The minimum absolute atomic E-state index is 0.215. The summed E-state index contributed by atoms with van der Waals surface area (Å²) in [6, 6.07) is 14.9. The van der Waals surface area contributed by atoms with Gasteiger partial charge in [-0.2, -0.15) is 0 Å². The van der Waals surface area contributed by atoms with E-state index in [2.05, 4.69) is 16.4 Å². The number of aromatic nitrogens is 1. The van der Waals surface area contributed by atoms with Crippen LogP contribution in [-0.2, 0) is 0 Å². The van der Waals surface area contributed by atoms with E-state index >= 15 is 0 Å². The maximum Gasteiger partial charge on any atom is 0.257 e. The van der Waals surface area contributed by atoms with Crippen LogP contribution in [0.5, 0.6) is 0 Å². The Morgan fingerprint density at radius 1 is 1.18 bits per heavy atom. The van der Waals surface area contributed by atoms with Crippen molar-refractivity contribution < 1.29 is 4.79 Å². The highest BCUT2D eigenvalue weighted by atomic mass is 35.5. The summed E-state index contributed by atoms with van der Waals surface area (Å²) in [5.74, 6) is -0.215. The number of aryl methyl sites for hydroxylation is 1. The third-order valence-corrected chi connectivity index (χ3v) is 4.12. The van der Waals surface area contributed by atoms with Crippen LogP contribution in [-0.4, -0.2) is 10.9 Å². The average Bonchev–Trinajstić information content (AvgIpc) is 2.96. The Kier molecular flexibility index (Phi) is 4.22. The Labute approximate surface area is 137 Å². The van der Waals surface area contributed by atoms with Gasteiger partial charge in [0, 0.05) is 21.5 Å². The molecule has 0 radical (unpaired) electrons. The van der Waals surface area contributed by atoms with Crippen LogP contribution in [0.4, 0.5) is 5.13 Å². The minimum atomic E-state index is -0.215. The lowest BCUT2D eigenvalue weighted by molar-refractivity contribution is 0.102. The number of thiazole rings is 1. The van der Waals surface area contributed by atoms with Gasteiger partial charge in [-0.3, -0.25) is 10.1 Å². The summed E-state index contributed by atoms with van der Waals surface area (Å²) in [6.07, 6.45) is 0. The SMILES string of the molecule is Cc1cccc(-c2csc(NC(=O)c3cccc(Cl)c3)n2)c1. The maximum absolute atomic E-state index is 12.2. The van der Waals surface area contributed by atoms with E-state index in [0.717, 1.165) is 11.3 Å². The Morgan fingerprint density at radius 2 is 2.00 bits per heavy atom. The van der Waals surface area contributed by atoms with Gasteiger partial charge < -0.3 is 0 Å². The van der Waals surface area contributed by atoms with Gasteiger partial charge in [0.05, 0.1) is 5.69 Å². The summed E-state index contributed by atoms with van der Waals surface area (Å²) in [4.78, 5) is 16.6. The molecule has 0 atom stereocenters. The second-order valence-electron chi connectivity index (χ2n) is 4.87. The van der Waals surface area contributed by atoms with E-state index in [-0.39, 0.29) is 5.91 Å². The lowest BCUT2D eigenvalue weighted by atomic mass is 10.1. The molecule has 3 rings (SSSR count). The van der Waals surface area contributed by atoms with Crippen LogP contribution in [0.3, 0.4) is 0 Å². The molecule has 2 aromatic carbocycles. The summed E-state index contributed by atoms with van der Waals surface area (Å²) in [6.45, 7) is 2.04. The van der Waals surface area contributed by atoms with Gasteiger partial charge in [-0.15, -0.1) is 11.3 Å². The molecule has 110 valence electrons. The van der Waals surface area contributed by atoms with Crippen molar-refractivity contribution in [2.24, 2.45) is 0 Å². The summed E-state index contributed by atoms with van der Waals surface area (Å²) in [7, 11) is 0. The maximum atomic E-state index is 12.2. The number of carbonyl (C=O) groups excluding carboxylic acids is 1. The molecular weight excluding hydrogens is 316 g/mol. The van der Waals surface area contributed by atoms with Gasteiger partial charge in [0.2, 0.25) is 0 Å². The predicted molar refractivity (Wildman–Crippen MR) is 91.7 cm³/mol. The van der Waals surface area contributed by atoms with E-state index in [4.69, 9.17) is 11.6 Å². The number of anilines is 1. The highest BCUT2D eigenvalue weighted by Crippen LogP contribution is 2.26. The Balaban J connectivity index is 1.78. The van der Waals surface area contributed by atoms with Crippen LogP contribution in [0, 0.1) is 6.92 Å². The lowest BCUT2D eigenvalue weighted by Crippen LogP contribution is -2.11. The number of nitrogens with zero attached hydrogens (tertiary/aromatic N) is 1. The van der Waals surface area contributed by atoms with Crippen LogP contribution in [0.15, 0.2) is 53.9 Å². The molecule has 1 amide bonds. The minimum Gasteiger partial charge on any atom is -0.298 e. The molecule has 0 aliphatic carbocycles. The smallest absolute Gasteiger partial charge is 0.257 e. The lowest BCUT2D eigenvalue weighted by Gasteiger charge is -2.02. The van der Waals surface area contributed by atoms with Gasteiger partial charge >= 0.3 is 0 Å². The Hall–Kier alpha value is -2.17. The summed E-state index contributed by atoms with van der Waals surface area (Å²) in [5.41, 5.74) is 3.59. The normalized spacial score (nSPS) is 10.5. The zero-order valence-electron chi connectivity index (χ0n) is 11.8. The molecule has 0 aliphatic heterocycles. The van der Waals surface area contributed by atoms with Gasteiger partial charge in [0.15, 0.2) is 5.13 Å². The Bertz CT molecular complexity index is 829. The molecule has 3 nitrogen and oxygen atoms in total. The first-order chi connectivity index (χ1) is 10.6. The molecule has 3 aromatic rings. The molecule has 0 fully saturated rings. The van der Waals surface area contributed by atoms with Crippen molar-refractivity contribution in [1.82, 2.24) is 4.98 Å². The number of benzene rings is 2. The van der Waals surface area contributed by atoms with E-state index in [1.807, 2.05) is 30.5 Å². The number of hydrogen-bond donors (Lipinski definition) is 1. The first-order valence-corrected chi connectivity index (χ1v) is 7.97. The van der Waals surface area contributed by atoms with Crippen molar-refractivity contribution in [2.45, 2.75) is 6.92 Å². The molecule has 0 saturated heterocycles. The van der Waals surface area contributed by atoms with Gasteiger partial charge in [0.25, 0.3) is 5.91 Å². The molecule has 22 heavy (non-hydrogen) atoms. The van der Waals surface area contributed by atoms with Crippen molar-refractivity contribution >= 4 is 34.0 Å². The number of amides is 1. The second kappa shape index (κ2) is 6.30. The summed E-state index contributed by atoms with van der Waals surface area (Å²) >= 11 is 7.30. The molecule has 1 N–H and O–H groups in total. The van der Waals surface area contributed by atoms with E-state index in [1.54, 1.807) is 24.3 Å². The van der Waals surface area contributed by atoms with Crippen molar-refractivity contribution in [3.05, 3.63) is 70.1 Å².